The average molecular weight is 182 g/mol. The van der Waals surface area contributed by atoms with E-state index in [1.165, 1.54) is 0 Å². The van der Waals surface area contributed by atoms with Crippen LogP contribution in [0.4, 0.5) is 0 Å². The van der Waals surface area contributed by atoms with E-state index in [0.717, 1.165) is 5.82 Å². The molecular formula is C8H14N4O. The lowest BCUT2D eigenvalue weighted by molar-refractivity contribution is -0.129. The maximum Gasteiger partial charge on any atom is 0.242 e. The Labute approximate surface area is 77.2 Å². The fraction of sp³-hybridized carbons (Fsp3) is 0.500. The summed E-state index contributed by atoms with van der Waals surface area (Å²) >= 11 is 0. The van der Waals surface area contributed by atoms with Crippen LogP contribution in [0.15, 0.2) is 12.4 Å². The molecule has 0 aliphatic rings. The second-order valence-electron chi connectivity index (χ2n) is 2.96. The van der Waals surface area contributed by atoms with E-state index in [-0.39, 0.29) is 5.91 Å². The monoisotopic (exact) mass is 182 g/mol. The number of nitrogens with zero attached hydrogens (tertiary/aromatic N) is 3. The Kier molecular flexibility index (Phi) is 3.02. The first-order valence-electron chi connectivity index (χ1n) is 4.05. The highest BCUT2D eigenvalue weighted by atomic mass is 16.2. The second-order valence-corrected chi connectivity index (χ2v) is 2.96. The number of nitrogens with two attached hydrogens (primary N) is 1. The van der Waals surface area contributed by atoms with Crippen LogP contribution in [0.1, 0.15) is 5.82 Å². The van der Waals surface area contributed by atoms with Crippen LogP contribution < -0.4 is 5.73 Å². The van der Waals surface area contributed by atoms with Gasteiger partial charge >= 0.3 is 0 Å². The van der Waals surface area contributed by atoms with E-state index in [1.54, 1.807) is 36.0 Å². The van der Waals surface area contributed by atoms with E-state index in [1.807, 2.05) is 0 Å². The topological polar surface area (TPSA) is 64.2 Å². The number of carbonyl (C=O) groups is 1. The van der Waals surface area contributed by atoms with Crippen molar-refractivity contribution in [3.8, 4) is 0 Å². The van der Waals surface area contributed by atoms with Crippen LogP contribution in [0.2, 0.25) is 0 Å². The molecule has 0 unspecified atom stereocenters. The summed E-state index contributed by atoms with van der Waals surface area (Å²) in [6.07, 6.45) is 3.40. The molecule has 5 heteroatoms. The van der Waals surface area contributed by atoms with Crippen LogP contribution in [-0.4, -0.2) is 34.5 Å². The Morgan fingerprint density at radius 3 is 2.92 bits per heavy atom. The third kappa shape index (κ3) is 2.29. The minimum absolute atomic E-state index is 0.0349. The van der Waals surface area contributed by atoms with Crippen molar-refractivity contribution in [2.45, 2.75) is 13.1 Å². The van der Waals surface area contributed by atoms with Crippen LogP contribution in [0.25, 0.3) is 0 Å². The predicted molar refractivity (Wildman–Crippen MR) is 48.8 cm³/mol. The number of likely N-dealkylation sites (N-methyl/N-ethyl adjacent to an activating group) is 1. The third-order valence-corrected chi connectivity index (χ3v) is 1.79. The summed E-state index contributed by atoms with van der Waals surface area (Å²) in [4.78, 5) is 16.9. The Morgan fingerprint density at radius 2 is 2.38 bits per heavy atom. The largest absolute Gasteiger partial charge is 0.347 e. The predicted octanol–water partition coefficient (Wildman–Crippen LogP) is -0.570. The summed E-state index contributed by atoms with van der Waals surface area (Å²) in [5.41, 5.74) is 5.44. The number of carbonyl (C=O) groups excluding carboxylic acids is 1. The van der Waals surface area contributed by atoms with Crippen molar-refractivity contribution in [2.75, 3.05) is 14.1 Å². The highest BCUT2D eigenvalue weighted by molar-refractivity contribution is 5.75. The first-order chi connectivity index (χ1) is 6.15. The smallest absolute Gasteiger partial charge is 0.242 e. The lowest BCUT2D eigenvalue weighted by atomic mass is 10.5. The standard InChI is InChI=1S/C8H14N4O/c1-11(2)8(13)6-12-4-3-10-7(12)5-9/h3-4H,5-6,9H2,1-2H3. The minimum atomic E-state index is 0.0349. The van der Waals surface area contributed by atoms with E-state index in [9.17, 15) is 4.79 Å². The molecule has 0 bridgehead atoms. The summed E-state index contributed by atoms with van der Waals surface area (Å²) in [6.45, 7) is 0.660. The zero-order valence-electron chi connectivity index (χ0n) is 7.90. The summed E-state index contributed by atoms with van der Waals surface area (Å²) < 4.78 is 1.75. The molecule has 13 heavy (non-hydrogen) atoms. The summed E-state index contributed by atoms with van der Waals surface area (Å²) in [6, 6.07) is 0. The van der Waals surface area contributed by atoms with Crippen molar-refractivity contribution in [3.63, 3.8) is 0 Å². The molecule has 0 radical (unpaired) electrons. The molecule has 1 heterocycles. The molecule has 0 aliphatic carbocycles. The molecule has 0 saturated carbocycles. The number of imidazole rings is 1. The van der Waals surface area contributed by atoms with Crippen LogP contribution >= 0.6 is 0 Å². The van der Waals surface area contributed by atoms with Gasteiger partial charge in [0.25, 0.3) is 0 Å². The molecule has 1 amide bonds. The molecule has 0 saturated heterocycles. The Bertz CT molecular complexity index is 292. The van der Waals surface area contributed by atoms with Gasteiger partial charge in [0, 0.05) is 26.5 Å². The highest BCUT2D eigenvalue weighted by Gasteiger charge is 2.07. The molecule has 1 rings (SSSR count). The van der Waals surface area contributed by atoms with Gasteiger partial charge in [0.1, 0.15) is 12.4 Å². The first-order valence-corrected chi connectivity index (χ1v) is 4.05. The molecule has 0 aliphatic heterocycles. The van der Waals surface area contributed by atoms with Gasteiger partial charge in [-0.1, -0.05) is 0 Å². The van der Waals surface area contributed by atoms with Crippen LogP contribution in [0, 0.1) is 0 Å². The molecule has 0 spiro atoms. The molecule has 72 valence electrons. The summed E-state index contributed by atoms with van der Waals surface area (Å²) in [5.74, 6) is 0.767. The second kappa shape index (κ2) is 4.04. The van der Waals surface area contributed by atoms with Gasteiger partial charge in [-0.2, -0.15) is 0 Å². The van der Waals surface area contributed by atoms with E-state index < -0.39 is 0 Å². The van der Waals surface area contributed by atoms with Crippen LogP contribution in [0.5, 0.6) is 0 Å². The van der Waals surface area contributed by atoms with Crippen LogP contribution in [0.3, 0.4) is 0 Å². The van der Waals surface area contributed by atoms with Crippen molar-refractivity contribution in [1.82, 2.24) is 14.5 Å². The lowest BCUT2D eigenvalue weighted by Gasteiger charge is -2.11. The van der Waals surface area contributed by atoms with Crippen molar-refractivity contribution in [1.29, 1.82) is 0 Å². The number of hydrogen-bond acceptors (Lipinski definition) is 3. The molecule has 1 aromatic heterocycles. The van der Waals surface area contributed by atoms with Gasteiger partial charge < -0.3 is 15.2 Å². The molecule has 0 fully saturated rings. The summed E-state index contributed by atoms with van der Waals surface area (Å²) in [7, 11) is 3.45. The van der Waals surface area contributed by atoms with E-state index in [2.05, 4.69) is 4.98 Å². The van der Waals surface area contributed by atoms with Crippen molar-refractivity contribution >= 4 is 5.91 Å². The van der Waals surface area contributed by atoms with Gasteiger partial charge in [0.2, 0.25) is 5.91 Å². The molecular weight excluding hydrogens is 168 g/mol. The van der Waals surface area contributed by atoms with Gasteiger partial charge in [0.05, 0.1) is 6.54 Å². The fourth-order valence-corrected chi connectivity index (χ4v) is 0.961. The molecule has 0 atom stereocenters. The minimum Gasteiger partial charge on any atom is -0.347 e. The molecule has 1 aromatic rings. The van der Waals surface area contributed by atoms with E-state index in [4.69, 9.17) is 5.73 Å². The Hall–Kier alpha value is -1.36. The number of aromatic nitrogens is 2. The third-order valence-electron chi connectivity index (χ3n) is 1.79. The van der Waals surface area contributed by atoms with Gasteiger partial charge in [-0.05, 0) is 0 Å². The maximum atomic E-state index is 11.3. The van der Waals surface area contributed by atoms with Crippen LogP contribution in [-0.2, 0) is 17.9 Å². The van der Waals surface area contributed by atoms with Crippen molar-refractivity contribution in [2.24, 2.45) is 5.73 Å². The average Bonchev–Trinajstić information content (AvgIpc) is 2.51. The first kappa shape index (κ1) is 9.73. The number of amides is 1. The summed E-state index contributed by atoms with van der Waals surface area (Å²) in [5, 5.41) is 0. The van der Waals surface area contributed by atoms with Crippen molar-refractivity contribution < 1.29 is 4.79 Å². The zero-order valence-corrected chi connectivity index (χ0v) is 7.90. The number of hydrogen-bond donors (Lipinski definition) is 1. The number of rotatable bonds is 3. The highest BCUT2D eigenvalue weighted by Crippen LogP contribution is 1.97. The molecule has 0 aromatic carbocycles. The Morgan fingerprint density at radius 1 is 1.69 bits per heavy atom. The quantitative estimate of drug-likeness (QED) is 0.681. The Balaban J connectivity index is 2.68. The van der Waals surface area contributed by atoms with Gasteiger partial charge in [0.15, 0.2) is 0 Å². The zero-order chi connectivity index (χ0) is 9.84. The van der Waals surface area contributed by atoms with Gasteiger partial charge in [-0.25, -0.2) is 4.98 Å². The van der Waals surface area contributed by atoms with E-state index in [0.29, 0.717) is 13.1 Å². The molecule has 2 N–H and O–H groups in total. The lowest BCUT2D eigenvalue weighted by Crippen LogP contribution is -2.27. The fourth-order valence-electron chi connectivity index (χ4n) is 0.961. The van der Waals surface area contributed by atoms with Gasteiger partial charge in [-0.3, -0.25) is 4.79 Å². The SMILES string of the molecule is CN(C)C(=O)Cn1ccnc1CN. The normalized spacial score (nSPS) is 10.1. The van der Waals surface area contributed by atoms with Gasteiger partial charge in [-0.15, -0.1) is 0 Å². The van der Waals surface area contributed by atoms with Crippen molar-refractivity contribution in [3.05, 3.63) is 18.2 Å². The molecule has 5 nitrogen and oxygen atoms in total. The maximum absolute atomic E-state index is 11.3. The van der Waals surface area contributed by atoms with E-state index >= 15 is 0 Å².